The Bertz CT molecular complexity index is 1510. The summed E-state index contributed by atoms with van der Waals surface area (Å²) in [5.41, 5.74) is -1.20. The molecule has 39 heavy (non-hydrogen) atoms. The van der Waals surface area contributed by atoms with Crippen LogP contribution in [0.3, 0.4) is 0 Å². The van der Waals surface area contributed by atoms with Crippen LogP contribution in [0.1, 0.15) is 59.6 Å². The Hall–Kier alpha value is -3.15. The normalized spacial score (nSPS) is 24.5. The number of benzene rings is 2. The highest BCUT2D eigenvalue weighted by molar-refractivity contribution is 7.92. The molecular weight excluding hydrogens is 554 g/mol. The van der Waals surface area contributed by atoms with Crippen LogP contribution < -0.4 is 5.32 Å². The molecule has 1 heterocycles. The van der Waals surface area contributed by atoms with Gasteiger partial charge < -0.3 is 14.8 Å². The molecule has 5 rings (SSSR count). The largest absolute Gasteiger partial charge is 0.442 e. The van der Waals surface area contributed by atoms with Crippen LogP contribution in [-0.4, -0.2) is 41.0 Å². The number of rotatable bonds is 8. The Kier molecular flexibility index (Phi) is 7.34. The van der Waals surface area contributed by atoms with E-state index in [1.54, 1.807) is 0 Å². The lowest BCUT2D eigenvalue weighted by Crippen LogP contribution is -2.48. The summed E-state index contributed by atoms with van der Waals surface area (Å²) in [5.74, 6) is -3.93. The molecule has 12 heteroatoms. The summed E-state index contributed by atoms with van der Waals surface area (Å²) in [6.07, 6.45) is 4.51. The lowest BCUT2D eigenvalue weighted by Gasteiger charge is -2.42. The third-order valence-corrected chi connectivity index (χ3v) is 10.6. The number of oxazole rings is 1. The number of ketones is 1. The lowest BCUT2D eigenvalue weighted by molar-refractivity contribution is -0.0646. The molecule has 0 radical (unpaired) electrons. The van der Waals surface area contributed by atoms with Gasteiger partial charge in [0, 0.05) is 23.7 Å². The number of aliphatic hydroxyl groups is 1. The molecule has 2 aliphatic carbocycles. The minimum atomic E-state index is -4.00. The number of nitrogens with zero attached hydrogens (tertiary/aromatic N) is 1. The van der Waals surface area contributed by atoms with E-state index in [1.807, 2.05) is 0 Å². The number of anilines is 1. The topological polar surface area (TPSA) is 127 Å². The van der Waals surface area contributed by atoms with Crippen LogP contribution in [0.25, 0.3) is 0 Å². The van der Waals surface area contributed by atoms with Crippen LogP contribution in [-0.2, 0) is 9.84 Å². The second kappa shape index (κ2) is 10.4. The van der Waals surface area contributed by atoms with Crippen molar-refractivity contribution in [2.24, 2.45) is 11.8 Å². The maximum Gasteiger partial charge on any atom is 0.263 e. The van der Waals surface area contributed by atoms with E-state index < -0.39 is 38.2 Å². The molecule has 4 atom stereocenters. The standard InChI is InChI=1S/C27H25ClF2N2O6S/c28-20-5-1-15(25(34)32-18-4-6-21(29)22(30)14-18)11-24(20)39(36,37)19-12-16-2-3-17(13-19)27(16,35)8-7-23(33)26-31-9-10-38-26/h1,4-6,9-11,14,16-17,19,35H,2-3,7-8,12-13H2,(H,32,34)/t16-,17?,19?,27?/m0/s1. The predicted octanol–water partition coefficient (Wildman–Crippen LogP) is 5.22. The van der Waals surface area contributed by atoms with Crippen molar-refractivity contribution in [3.8, 4) is 0 Å². The molecule has 1 aromatic heterocycles. The van der Waals surface area contributed by atoms with Gasteiger partial charge in [0.05, 0.1) is 27.0 Å². The van der Waals surface area contributed by atoms with Crippen molar-refractivity contribution in [1.29, 1.82) is 0 Å². The molecule has 0 aliphatic heterocycles. The van der Waals surface area contributed by atoms with Gasteiger partial charge in [-0.05, 0) is 74.3 Å². The fourth-order valence-corrected chi connectivity index (χ4v) is 8.27. The van der Waals surface area contributed by atoms with Gasteiger partial charge in [-0.2, -0.15) is 0 Å². The fourth-order valence-electron chi connectivity index (χ4n) is 5.87. The van der Waals surface area contributed by atoms with Crippen molar-refractivity contribution in [1.82, 2.24) is 4.98 Å². The fraction of sp³-hybridized carbons (Fsp3) is 0.370. The Morgan fingerprint density at radius 2 is 1.82 bits per heavy atom. The van der Waals surface area contributed by atoms with Crippen molar-refractivity contribution in [2.45, 2.75) is 54.3 Å². The number of carbonyl (C=O) groups is 2. The number of amides is 1. The predicted molar refractivity (Wildman–Crippen MR) is 137 cm³/mol. The van der Waals surface area contributed by atoms with Gasteiger partial charge in [0.1, 0.15) is 6.26 Å². The van der Waals surface area contributed by atoms with Gasteiger partial charge in [0.25, 0.3) is 11.8 Å². The average molecular weight is 579 g/mol. The number of nitrogens with one attached hydrogen (secondary N) is 1. The molecule has 2 aliphatic rings. The van der Waals surface area contributed by atoms with Crippen molar-refractivity contribution in [3.63, 3.8) is 0 Å². The number of halogens is 3. The van der Waals surface area contributed by atoms with Gasteiger partial charge in [0.15, 0.2) is 21.5 Å². The van der Waals surface area contributed by atoms with Crippen LogP contribution in [0.2, 0.25) is 5.02 Å². The number of Topliss-reactive ketones (excluding diaryl/α,β-unsaturated/α-hetero) is 1. The number of hydrogen-bond donors (Lipinski definition) is 2. The smallest absolute Gasteiger partial charge is 0.263 e. The molecule has 2 N–H and O–H groups in total. The Labute approximate surface area is 228 Å². The molecule has 2 saturated carbocycles. The molecule has 8 nitrogen and oxygen atoms in total. The van der Waals surface area contributed by atoms with Crippen LogP contribution in [0.5, 0.6) is 0 Å². The van der Waals surface area contributed by atoms with Crippen molar-refractivity contribution in [2.75, 3.05) is 5.32 Å². The van der Waals surface area contributed by atoms with E-state index in [2.05, 4.69) is 10.3 Å². The maximum atomic E-state index is 13.7. The summed E-state index contributed by atoms with van der Waals surface area (Å²) >= 11 is 6.28. The van der Waals surface area contributed by atoms with E-state index in [4.69, 9.17) is 16.0 Å². The molecule has 0 spiro atoms. The first kappa shape index (κ1) is 27.4. The van der Waals surface area contributed by atoms with Crippen LogP contribution >= 0.6 is 11.6 Å². The summed E-state index contributed by atoms with van der Waals surface area (Å²) in [7, 11) is -4.00. The average Bonchev–Trinajstić information content (AvgIpc) is 3.47. The summed E-state index contributed by atoms with van der Waals surface area (Å²) in [6, 6.07) is 6.68. The van der Waals surface area contributed by atoms with Crippen molar-refractivity contribution in [3.05, 3.63) is 77.0 Å². The van der Waals surface area contributed by atoms with Gasteiger partial charge in [-0.1, -0.05) is 11.6 Å². The van der Waals surface area contributed by atoms with Gasteiger partial charge in [0.2, 0.25) is 5.78 Å². The minimum absolute atomic E-state index is 0.00251. The summed E-state index contributed by atoms with van der Waals surface area (Å²) in [6.45, 7) is 0. The third-order valence-electron chi connectivity index (χ3n) is 7.91. The molecule has 2 bridgehead atoms. The van der Waals surface area contributed by atoms with E-state index in [-0.39, 0.29) is 70.4 Å². The van der Waals surface area contributed by atoms with Gasteiger partial charge in [-0.3, -0.25) is 9.59 Å². The minimum Gasteiger partial charge on any atom is -0.442 e. The molecular formula is C27H25ClF2N2O6S. The van der Waals surface area contributed by atoms with E-state index in [0.29, 0.717) is 12.8 Å². The molecule has 3 aromatic rings. The number of carbonyl (C=O) groups excluding carboxylic acids is 2. The SMILES string of the molecule is O=C(Nc1ccc(F)c(F)c1)c1ccc(Cl)c(S(=O)(=O)C2CC3CC[C@@H](C2)C3(O)CCC(=O)c2ncco2)c1. The zero-order valence-electron chi connectivity index (χ0n) is 20.6. The first-order valence-corrected chi connectivity index (χ1v) is 14.4. The van der Waals surface area contributed by atoms with E-state index >= 15 is 0 Å². The number of fused-ring (bicyclic) bond motifs is 2. The quantitative estimate of drug-likeness (QED) is 0.351. The van der Waals surface area contributed by atoms with Crippen molar-refractivity contribution < 1.29 is 36.3 Å². The van der Waals surface area contributed by atoms with Crippen LogP contribution in [0.15, 0.2) is 58.2 Å². The zero-order chi connectivity index (χ0) is 27.9. The highest BCUT2D eigenvalue weighted by Gasteiger charge is 2.55. The molecule has 206 valence electrons. The first-order chi connectivity index (χ1) is 18.5. The molecule has 2 fully saturated rings. The Morgan fingerprint density at radius 3 is 2.46 bits per heavy atom. The number of hydrogen-bond acceptors (Lipinski definition) is 7. The molecule has 3 unspecified atom stereocenters. The highest BCUT2D eigenvalue weighted by Crippen LogP contribution is 2.54. The van der Waals surface area contributed by atoms with Crippen LogP contribution in [0, 0.1) is 23.5 Å². The summed E-state index contributed by atoms with van der Waals surface area (Å²) in [4.78, 5) is 28.7. The highest BCUT2D eigenvalue weighted by atomic mass is 35.5. The van der Waals surface area contributed by atoms with Crippen molar-refractivity contribution >= 4 is 38.8 Å². The van der Waals surface area contributed by atoms with E-state index in [9.17, 15) is 31.9 Å². The zero-order valence-corrected chi connectivity index (χ0v) is 22.1. The van der Waals surface area contributed by atoms with E-state index in [0.717, 1.165) is 12.1 Å². The number of sulfone groups is 1. The van der Waals surface area contributed by atoms with E-state index in [1.165, 1.54) is 36.7 Å². The monoisotopic (exact) mass is 578 g/mol. The molecule has 2 aromatic carbocycles. The third kappa shape index (κ3) is 5.22. The van der Waals surface area contributed by atoms with Gasteiger partial charge in [-0.25, -0.2) is 22.2 Å². The molecule has 0 saturated heterocycles. The first-order valence-electron chi connectivity index (χ1n) is 12.4. The van der Waals surface area contributed by atoms with Gasteiger partial charge in [-0.15, -0.1) is 0 Å². The van der Waals surface area contributed by atoms with Crippen LogP contribution in [0.4, 0.5) is 14.5 Å². The second-order valence-electron chi connectivity index (χ2n) is 10.1. The maximum absolute atomic E-state index is 13.7. The summed E-state index contributed by atoms with van der Waals surface area (Å²) < 4.78 is 59.2. The number of aromatic nitrogens is 1. The summed E-state index contributed by atoms with van der Waals surface area (Å²) in [5, 5.41) is 13.0. The second-order valence-corrected chi connectivity index (χ2v) is 12.7. The Morgan fingerprint density at radius 1 is 1.10 bits per heavy atom. The Balaban J connectivity index is 1.32. The van der Waals surface area contributed by atoms with Gasteiger partial charge >= 0.3 is 0 Å². The lowest BCUT2D eigenvalue weighted by atomic mass is 9.71. The molecule has 1 amide bonds.